The summed E-state index contributed by atoms with van der Waals surface area (Å²) in [6.45, 7) is 2.23. The number of H-pyrrole nitrogens is 1. The molecule has 2 aromatic rings. The topological polar surface area (TPSA) is 55.0 Å². The number of aromatic amines is 1. The Labute approximate surface area is 99.6 Å². The van der Waals surface area contributed by atoms with Crippen molar-refractivity contribution in [3.8, 4) is 11.3 Å². The molecule has 0 saturated heterocycles. The second-order valence-electron chi connectivity index (χ2n) is 3.65. The van der Waals surface area contributed by atoms with Gasteiger partial charge in [0.15, 0.2) is 0 Å². The second kappa shape index (κ2) is 5.30. The molecule has 1 aromatic carbocycles. The highest BCUT2D eigenvalue weighted by molar-refractivity contribution is 5.73. The van der Waals surface area contributed by atoms with E-state index in [-0.39, 0.29) is 5.97 Å². The average molecular weight is 230 g/mol. The zero-order chi connectivity index (χ0) is 12.1. The van der Waals surface area contributed by atoms with Crippen molar-refractivity contribution in [3.63, 3.8) is 0 Å². The number of hydrogen-bond acceptors (Lipinski definition) is 3. The summed E-state index contributed by atoms with van der Waals surface area (Å²) >= 11 is 0. The first-order chi connectivity index (χ1) is 8.29. The van der Waals surface area contributed by atoms with Gasteiger partial charge in [-0.2, -0.15) is 5.10 Å². The van der Waals surface area contributed by atoms with E-state index in [9.17, 15) is 4.79 Å². The van der Waals surface area contributed by atoms with Crippen LogP contribution in [0.2, 0.25) is 0 Å². The van der Waals surface area contributed by atoms with E-state index >= 15 is 0 Å². The third-order valence-corrected chi connectivity index (χ3v) is 2.42. The van der Waals surface area contributed by atoms with E-state index in [0.29, 0.717) is 13.0 Å². The first-order valence-electron chi connectivity index (χ1n) is 5.54. The monoisotopic (exact) mass is 230 g/mol. The summed E-state index contributed by atoms with van der Waals surface area (Å²) in [6, 6.07) is 9.67. The lowest BCUT2D eigenvalue weighted by Crippen LogP contribution is -2.07. The fourth-order valence-corrected chi connectivity index (χ4v) is 1.60. The second-order valence-corrected chi connectivity index (χ2v) is 3.65. The Morgan fingerprint density at radius 3 is 2.65 bits per heavy atom. The lowest BCUT2D eigenvalue weighted by molar-refractivity contribution is -0.142. The normalized spacial score (nSPS) is 10.2. The molecule has 0 aliphatic carbocycles. The third-order valence-electron chi connectivity index (χ3n) is 2.42. The summed E-state index contributed by atoms with van der Waals surface area (Å²) in [5.74, 6) is -0.193. The molecule has 0 aliphatic heterocycles. The summed E-state index contributed by atoms with van der Waals surface area (Å²) in [6.07, 6.45) is 2.03. The predicted molar refractivity (Wildman–Crippen MR) is 64.4 cm³/mol. The molecule has 0 aliphatic rings. The molecule has 1 aromatic heterocycles. The SMILES string of the molecule is CCOC(=O)Cc1ccc(-c2ccn[nH]2)cc1. The molecule has 4 nitrogen and oxygen atoms in total. The van der Waals surface area contributed by atoms with Crippen LogP contribution in [0.1, 0.15) is 12.5 Å². The molecule has 0 fully saturated rings. The number of nitrogens with one attached hydrogen (secondary N) is 1. The lowest BCUT2D eigenvalue weighted by Gasteiger charge is -2.03. The Morgan fingerprint density at radius 1 is 1.29 bits per heavy atom. The van der Waals surface area contributed by atoms with Gasteiger partial charge in [-0.1, -0.05) is 24.3 Å². The summed E-state index contributed by atoms with van der Waals surface area (Å²) in [7, 11) is 0. The molecule has 0 atom stereocenters. The minimum Gasteiger partial charge on any atom is -0.466 e. The Morgan fingerprint density at radius 2 is 2.06 bits per heavy atom. The Kier molecular flexibility index (Phi) is 3.55. The van der Waals surface area contributed by atoms with Crippen LogP contribution in [0, 0.1) is 0 Å². The van der Waals surface area contributed by atoms with Crippen molar-refractivity contribution in [2.75, 3.05) is 6.61 Å². The van der Waals surface area contributed by atoms with Gasteiger partial charge in [0, 0.05) is 6.20 Å². The highest BCUT2D eigenvalue weighted by Gasteiger charge is 2.04. The standard InChI is InChI=1S/C13H14N2O2/c1-2-17-13(16)9-10-3-5-11(6-4-10)12-7-8-14-15-12/h3-8H,2,9H2,1H3,(H,14,15). The van der Waals surface area contributed by atoms with Gasteiger partial charge in [0.25, 0.3) is 0 Å². The summed E-state index contributed by atoms with van der Waals surface area (Å²) in [5.41, 5.74) is 2.97. The number of ether oxygens (including phenoxy) is 1. The van der Waals surface area contributed by atoms with E-state index in [2.05, 4.69) is 10.2 Å². The van der Waals surface area contributed by atoms with Crippen LogP contribution in [0.4, 0.5) is 0 Å². The summed E-state index contributed by atoms with van der Waals surface area (Å²) in [4.78, 5) is 11.3. The van der Waals surface area contributed by atoms with E-state index < -0.39 is 0 Å². The van der Waals surface area contributed by atoms with Crippen LogP contribution < -0.4 is 0 Å². The largest absolute Gasteiger partial charge is 0.466 e. The van der Waals surface area contributed by atoms with Crippen molar-refractivity contribution in [3.05, 3.63) is 42.1 Å². The molecule has 0 unspecified atom stereocenters. The molecule has 17 heavy (non-hydrogen) atoms. The molecule has 0 bridgehead atoms. The van der Waals surface area contributed by atoms with Gasteiger partial charge in [-0.25, -0.2) is 0 Å². The molecule has 0 saturated carbocycles. The van der Waals surface area contributed by atoms with E-state index in [1.807, 2.05) is 30.3 Å². The van der Waals surface area contributed by atoms with Crippen LogP contribution in [-0.4, -0.2) is 22.8 Å². The Bertz CT molecular complexity index is 475. The molecular weight excluding hydrogens is 216 g/mol. The molecule has 1 heterocycles. The number of nitrogens with zero attached hydrogens (tertiary/aromatic N) is 1. The van der Waals surface area contributed by atoms with Gasteiger partial charge in [0.05, 0.1) is 18.7 Å². The average Bonchev–Trinajstić information content (AvgIpc) is 2.84. The van der Waals surface area contributed by atoms with Gasteiger partial charge in [0.2, 0.25) is 0 Å². The van der Waals surface area contributed by atoms with Crippen LogP contribution in [-0.2, 0) is 16.0 Å². The third kappa shape index (κ3) is 2.93. The number of aromatic nitrogens is 2. The van der Waals surface area contributed by atoms with Crippen LogP contribution in [0.3, 0.4) is 0 Å². The lowest BCUT2D eigenvalue weighted by atomic mass is 10.1. The summed E-state index contributed by atoms with van der Waals surface area (Å²) < 4.78 is 4.89. The highest BCUT2D eigenvalue weighted by Crippen LogP contribution is 2.16. The maximum absolute atomic E-state index is 11.3. The van der Waals surface area contributed by atoms with Crippen LogP contribution in [0.25, 0.3) is 11.3 Å². The number of esters is 1. The van der Waals surface area contributed by atoms with Crippen molar-refractivity contribution in [1.82, 2.24) is 10.2 Å². The number of carbonyl (C=O) groups excluding carboxylic acids is 1. The molecule has 4 heteroatoms. The van der Waals surface area contributed by atoms with Crippen molar-refractivity contribution >= 4 is 5.97 Å². The molecule has 0 spiro atoms. The van der Waals surface area contributed by atoms with Crippen molar-refractivity contribution in [2.24, 2.45) is 0 Å². The van der Waals surface area contributed by atoms with Gasteiger partial charge in [-0.15, -0.1) is 0 Å². The van der Waals surface area contributed by atoms with E-state index in [1.165, 1.54) is 0 Å². The van der Waals surface area contributed by atoms with Crippen LogP contribution in [0.15, 0.2) is 36.5 Å². The fraction of sp³-hybridized carbons (Fsp3) is 0.231. The highest BCUT2D eigenvalue weighted by atomic mass is 16.5. The molecule has 2 rings (SSSR count). The van der Waals surface area contributed by atoms with Gasteiger partial charge in [0.1, 0.15) is 0 Å². The van der Waals surface area contributed by atoms with Crippen molar-refractivity contribution in [1.29, 1.82) is 0 Å². The number of rotatable bonds is 4. The smallest absolute Gasteiger partial charge is 0.310 e. The number of carbonyl (C=O) groups is 1. The van der Waals surface area contributed by atoms with E-state index in [0.717, 1.165) is 16.8 Å². The minimum absolute atomic E-state index is 0.193. The van der Waals surface area contributed by atoms with Gasteiger partial charge in [-0.05, 0) is 24.1 Å². The quantitative estimate of drug-likeness (QED) is 0.819. The first-order valence-corrected chi connectivity index (χ1v) is 5.54. The number of benzene rings is 1. The van der Waals surface area contributed by atoms with Gasteiger partial charge < -0.3 is 4.74 Å². The van der Waals surface area contributed by atoms with Crippen LogP contribution in [0.5, 0.6) is 0 Å². The van der Waals surface area contributed by atoms with E-state index in [4.69, 9.17) is 4.74 Å². The first kappa shape index (κ1) is 11.4. The Hall–Kier alpha value is -2.10. The fourth-order valence-electron chi connectivity index (χ4n) is 1.60. The molecule has 88 valence electrons. The molecular formula is C13H14N2O2. The molecule has 1 N–H and O–H groups in total. The molecule has 0 amide bonds. The summed E-state index contributed by atoms with van der Waals surface area (Å²) in [5, 5.41) is 6.79. The van der Waals surface area contributed by atoms with Crippen molar-refractivity contribution < 1.29 is 9.53 Å². The van der Waals surface area contributed by atoms with Crippen LogP contribution >= 0.6 is 0 Å². The maximum Gasteiger partial charge on any atom is 0.310 e. The molecule has 0 radical (unpaired) electrons. The predicted octanol–water partition coefficient (Wildman–Crippen LogP) is 2.18. The van der Waals surface area contributed by atoms with Gasteiger partial charge >= 0.3 is 5.97 Å². The zero-order valence-electron chi connectivity index (χ0n) is 9.64. The van der Waals surface area contributed by atoms with E-state index in [1.54, 1.807) is 13.1 Å². The minimum atomic E-state index is -0.193. The Balaban J connectivity index is 2.06. The zero-order valence-corrected chi connectivity index (χ0v) is 9.64. The van der Waals surface area contributed by atoms with Crippen molar-refractivity contribution in [2.45, 2.75) is 13.3 Å². The van der Waals surface area contributed by atoms with Gasteiger partial charge in [-0.3, -0.25) is 9.89 Å². The maximum atomic E-state index is 11.3. The number of hydrogen-bond donors (Lipinski definition) is 1.